The minimum absolute atomic E-state index is 0.225. The number of amides is 2. The Morgan fingerprint density at radius 2 is 2.00 bits per heavy atom. The predicted octanol–water partition coefficient (Wildman–Crippen LogP) is 3.35. The largest absolute Gasteiger partial charge is 0.443 e. The van der Waals surface area contributed by atoms with Gasteiger partial charge in [0.25, 0.3) is 5.91 Å². The maximum Gasteiger partial charge on any atom is 0.414 e. The lowest BCUT2D eigenvalue weighted by Gasteiger charge is -2.32. The van der Waals surface area contributed by atoms with E-state index in [-0.39, 0.29) is 12.0 Å². The number of nitrogens with one attached hydrogen (secondary N) is 1. The van der Waals surface area contributed by atoms with E-state index in [2.05, 4.69) is 5.32 Å². The average molecular weight is 334 g/mol. The molecule has 1 aliphatic heterocycles. The lowest BCUT2D eigenvalue weighted by molar-refractivity contribution is -0.124. The van der Waals surface area contributed by atoms with Crippen molar-refractivity contribution in [3.05, 3.63) is 23.8 Å². The third kappa shape index (κ3) is 4.47. The molecule has 2 amide bonds. The van der Waals surface area contributed by atoms with Crippen LogP contribution in [0.2, 0.25) is 0 Å². The number of benzene rings is 1. The zero-order valence-corrected chi connectivity index (χ0v) is 15.0. The summed E-state index contributed by atoms with van der Waals surface area (Å²) in [5.74, 6) is -0.225. The van der Waals surface area contributed by atoms with Crippen molar-refractivity contribution in [1.29, 1.82) is 0 Å². The first-order valence-electron chi connectivity index (χ1n) is 8.18. The van der Waals surface area contributed by atoms with Crippen molar-refractivity contribution in [2.45, 2.75) is 52.2 Å². The van der Waals surface area contributed by atoms with E-state index in [9.17, 15) is 9.59 Å². The number of hydrogen-bond donors (Lipinski definition) is 1. The molecule has 1 atom stereocenters. The van der Waals surface area contributed by atoms with Crippen molar-refractivity contribution >= 4 is 23.4 Å². The first-order valence-corrected chi connectivity index (χ1v) is 8.18. The van der Waals surface area contributed by atoms with Crippen LogP contribution in [0.5, 0.6) is 0 Å². The van der Waals surface area contributed by atoms with Gasteiger partial charge in [-0.15, -0.1) is 0 Å². The second-order valence-corrected chi connectivity index (χ2v) is 6.95. The van der Waals surface area contributed by atoms with Gasteiger partial charge in [0.1, 0.15) is 11.7 Å². The minimum Gasteiger partial charge on any atom is -0.443 e. The second-order valence-electron chi connectivity index (χ2n) is 6.95. The van der Waals surface area contributed by atoms with Crippen LogP contribution in [0.4, 0.5) is 16.2 Å². The quantitative estimate of drug-likeness (QED) is 0.920. The number of nitrogens with zero attached hydrogens (tertiary/aromatic N) is 1. The number of anilines is 2. The summed E-state index contributed by atoms with van der Waals surface area (Å²) in [5, 5.41) is 2.81. The molecule has 0 saturated heterocycles. The van der Waals surface area contributed by atoms with E-state index in [1.54, 1.807) is 11.8 Å². The second kappa shape index (κ2) is 7.21. The molecule has 0 radical (unpaired) electrons. The van der Waals surface area contributed by atoms with Crippen LogP contribution in [0.15, 0.2) is 18.2 Å². The van der Waals surface area contributed by atoms with Gasteiger partial charge in [0.2, 0.25) is 0 Å². The summed E-state index contributed by atoms with van der Waals surface area (Å²) in [6.45, 7) is 7.82. The van der Waals surface area contributed by atoms with Gasteiger partial charge in [-0.2, -0.15) is 0 Å². The van der Waals surface area contributed by atoms with E-state index in [1.807, 2.05) is 39.0 Å². The fraction of sp³-hybridized carbons (Fsp3) is 0.556. The highest BCUT2D eigenvalue weighted by Crippen LogP contribution is 2.31. The van der Waals surface area contributed by atoms with Gasteiger partial charge in [-0.25, -0.2) is 4.79 Å². The third-order valence-electron chi connectivity index (χ3n) is 3.81. The van der Waals surface area contributed by atoms with Gasteiger partial charge in [-0.1, -0.05) is 6.07 Å². The van der Waals surface area contributed by atoms with Crippen molar-refractivity contribution in [3.8, 4) is 0 Å². The molecule has 1 heterocycles. The zero-order chi connectivity index (χ0) is 17.9. The highest BCUT2D eigenvalue weighted by Gasteiger charge is 2.27. The van der Waals surface area contributed by atoms with Crippen molar-refractivity contribution < 1.29 is 19.1 Å². The summed E-state index contributed by atoms with van der Waals surface area (Å²) in [4.78, 5) is 26.1. The number of methoxy groups -OCH3 is 1. The number of carbonyl (C=O) groups excluding carboxylic acids is 2. The Labute approximate surface area is 143 Å². The van der Waals surface area contributed by atoms with Crippen LogP contribution in [0.3, 0.4) is 0 Å². The van der Waals surface area contributed by atoms with Crippen LogP contribution < -0.4 is 10.2 Å². The molecule has 0 unspecified atom stereocenters. The van der Waals surface area contributed by atoms with E-state index in [0.29, 0.717) is 12.2 Å². The van der Waals surface area contributed by atoms with Crippen LogP contribution in [-0.4, -0.2) is 37.4 Å². The van der Waals surface area contributed by atoms with Gasteiger partial charge in [0.05, 0.1) is 5.69 Å². The van der Waals surface area contributed by atoms with Gasteiger partial charge in [0.15, 0.2) is 0 Å². The Hall–Kier alpha value is -2.08. The summed E-state index contributed by atoms with van der Waals surface area (Å²) in [7, 11) is 1.49. The Bertz CT molecular complexity index is 622. The van der Waals surface area contributed by atoms with Gasteiger partial charge in [-0.05, 0) is 58.2 Å². The lowest BCUT2D eigenvalue weighted by Crippen LogP contribution is -2.39. The van der Waals surface area contributed by atoms with Crippen LogP contribution in [-0.2, 0) is 20.7 Å². The summed E-state index contributed by atoms with van der Waals surface area (Å²) in [5.41, 5.74) is 1.95. The topological polar surface area (TPSA) is 67.9 Å². The first-order chi connectivity index (χ1) is 11.2. The molecule has 1 aliphatic rings. The predicted molar refractivity (Wildman–Crippen MR) is 93.4 cm³/mol. The summed E-state index contributed by atoms with van der Waals surface area (Å²) < 4.78 is 10.5. The normalized spacial score (nSPS) is 15.5. The SMILES string of the molecule is CO[C@@H](C)C(=O)Nc1ccc2c(c1)N(C(=O)OC(C)(C)C)CCC2. The molecule has 0 bridgehead atoms. The monoisotopic (exact) mass is 334 g/mol. The number of fused-ring (bicyclic) bond motifs is 1. The van der Waals surface area contributed by atoms with Crippen molar-refractivity contribution in [2.75, 3.05) is 23.9 Å². The van der Waals surface area contributed by atoms with E-state index in [4.69, 9.17) is 9.47 Å². The Morgan fingerprint density at radius 1 is 1.29 bits per heavy atom. The summed E-state index contributed by atoms with van der Waals surface area (Å²) in [6.07, 6.45) is 0.885. The molecule has 2 rings (SSSR count). The van der Waals surface area contributed by atoms with Crippen molar-refractivity contribution in [1.82, 2.24) is 0 Å². The molecule has 24 heavy (non-hydrogen) atoms. The van der Waals surface area contributed by atoms with Crippen molar-refractivity contribution in [2.24, 2.45) is 0 Å². The molecule has 0 spiro atoms. The molecular formula is C18H26N2O4. The molecule has 6 heteroatoms. The number of aryl methyl sites for hydroxylation is 1. The van der Waals surface area contributed by atoms with Gasteiger partial charge < -0.3 is 14.8 Å². The number of hydrogen-bond acceptors (Lipinski definition) is 4. The van der Waals surface area contributed by atoms with E-state index < -0.39 is 11.7 Å². The smallest absolute Gasteiger partial charge is 0.414 e. The highest BCUT2D eigenvalue weighted by molar-refractivity contribution is 5.96. The average Bonchev–Trinajstić information content (AvgIpc) is 2.51. The molecule has 132 valence electrons. The maximum atomic E-state index is 12.5. The minimum atomic E-state index is -0.547. The Balaban J connectivity index is 2.23. The maximum absolute atomic E-state index is 12.5. The highest BCUT2D eigenvalue weighted by atomic mass is 16.6. The lowest BCUT2D eigenvalue weighted by atomic mass is 10.0. The third-order valence-corrected chi connectivity index (χ3v) is 3.81. The summed E-state index contributed by atoms with van der Waals surface area (Å²) >= 11 is 0. The Kier molecular flexibility index (Phi) is 5.49. The molecule has 0 aliphatic carbocycles. The number of ether oxygens (including phenoxy) is 2. The summed E-state index contributed by atoms with van der Waals surface area (Å²) in [6, 6.07) is 5.61. The molecule has 0 saturated carbocycles. The fourth-order valence-electron chi connectivity index (χ4n) is 2.51. The van der Waals surface area contributed by atoms with Crippen LogP contribution in [0, 0.1) is 0 Å². The van der Waals surface area contributed by atoms with E-state index >= 15 is 0 Å². The molecule has 1 aromatic rings. The molecule has 6 nitrogen and oxygen atoms in total. The molecule has 1 aromatic carbocycles. The van der Waals surface area contributed by atoms with Gasteiger partial charge in [0, 0.05) is 19.3 Å². The van der Waals surface area contributed by atoms with Crippen molar-refractivity contribution in [3.63, 3.8) is 0 Å². The van der Waals surface area contributed by atoms with E-state index in [1.165, 1.54) is 7.11 Å². The molecule has 1 N–H and O–H groups in total. The van der Waals surface area contributed by atoms with Gasteiger partial charge >= 0.3 is 6.09 Å². The zero-order valence-electron chi connectivity index (χ0n) is 15.0. The van der Waals surface area contributed by atoms with Crippen LogP contribution in [0.1, 0.15) is 39.7 Å². The Morgan fingerprint density at radius 3 is 2.62 bits per heavy atom. The van der Waals surface area contributed by atoms with Gasteiger partial charge in [-0.3, -0.25) is 9.69 Å². The number of rotatable bonds is 3. The molecular weight excluding hydrogens is 308 g/mol. The molecule has 0 aromatic heterocycles. The van der Waals surface area contributed by atoms with Crippen LogP contribution in [0.25, 0.3) is 0 Å². The van der Waals surface area contributed by atoms with Crippen LogP contribution >= 0.6 is 0 Å². The molecule has 0 fully saturated rings. The first kappa shape index (κ1) is 18.3. The number of carbonyl (C=O) groups is 2. The fourth-order valence-corrected chi connectivity index (χ4v) is 2.51. The van der Waals surface area contributed by atoms with E-state index in [0.717, 1.165) is 24.1 Å². The standard InChI is InChI=1S/C18H26N2O4/c1-12(23-5)16(21)19-14-9-8-13-7-6-10-20(15(13)11-14)17(22)24-18(2,3)4/h8-9,11-12H,6-7,10H2,1-5H3,(H,19,21)/t12-/m0/s1.